The SMILES string of the molecule is CC[Si](C)(C)[Si]1C(c2ccccc2)=C(c2ccccc2)C(c2ccccc2)=C1c1ccccc1. The van der Waals surface area contributed by atoms with Crippen LogP contribution in [0.4, 0.5) is 0 Å². The minimum Gasteiger partial charge on any atom is -0.0709 e. The monoisotopic (exact) mass is 471 g/mol. The van der Waals surface area contributed by atoms with Gasteiger partial charge in [0.2, 0.25) is 0 Å². The first-order valence-corrected chi connectivity index (χ1v) is 17.9. The average Bonchev–Trinajstić information content (AvgIpc) is 3.28. The Morgan fingerprint density at radius 3 is 1.06 bits per heavy atom. The van der Waals surface area contributed by atoms with Crippen LogP contribution in [0.3, 0.4) is 0 Å². The molecule has 0 atom stereocenters. The molecule has 1 aliphatic heterocycles. The first-order chi connectivity index (χ1) is 16.6. The van der Waals surface area contributed by atoms with Gasteiger partial charge in [-0.2, -0.15) is 0 Å². The zero-order valence-electron chi connectivity index (χ0n) is 20.3. The molecule has 0 spiro atoms. The summed E-state index contributed by atoms with van der Waals surface area (Å²) in [6.07, 6.45) is 0. The van der Waals surface area contributed by atoms with Gasteiger partial charge < -0.3 is 0 Å². The number of rotatable bonds is 6. The molecule has 0 nitrogen and oxygen atoms in total. The van der Waals surface area contributed by atoms with E-state index in [4.69, 9.17) is 0 Å². The molecule has 2 heteroatoms. The van der Waals surface area contributed by atoms with Gasteiger partial charge in [-0.1, -0.05) is 147 Å². The maximum Gasteiger partial charge on any atom is 0.115 e. The Hall–Kier alpha value is -3.21. The van der Waals surface area contributed by atoms with Crippen LogP contribution in [0.5, 0.6) is 0 Å². The molecule has 4 aromatic carbocycles. The van der Waals surface area contributed by atoms with Crippen LogP contribution in [0.25, 0.3) is 21.5 Å². The lowest BCUT2D eigenvalue weighted by atomic mass is 9.89. The fourth-order valence-electron chi connectivity index (χ4n) is 5.05. The average molecular weight is 472 g/mol. The van der Waals surface area contributed by atoms with Crippen LogP contribution in [-0.4, -0.2) is 15.9 Å². The minimum absolute atomic E-state index is 1.01. The highest BCUT2D eigenvalue weighted by Crippen LogP contribution is 2.53. The first kappa shape index (κ1) is 22.6. The van der Waals surface area contributed by atoms with Crippen LogP contribution >= 0.6 is 0 Å². The summed E-state index contributed by atoms with van der Waals surface area (Å²) in [5, 5.41) is 3.21. The summed E-state index contributed by atoms with van der Waals surface area (Å²) < 4.78 is 0. The molecule has 1 aliphatic rings. The van der Waals surface area contributed by atoms with Crippen molar-refractivity contribution in [2.75, 3.05) is 0 Å². The second-order valence-electron chi connectivity index (χ2n) is 9.58. The third-order valence-corrected chi connectivity index (χ3v) is 18.9. The molecule has 0 saturated carbocycles. The van der Waals surface area contributed by atoms with Crippen molar-refractivity contribution in [1.29, 1.82) is 0 Å². The van der Waals surface area contributed by atoms with E-state index in [1.165, 1.54) is 39.4 Å². The first-order valence-electron chi connectivity index (χ1n) is 12.2. The van der Waals surface area contributed by atoms with Crippen LogP contribution in [-0.2, 0) is 0 Å². The lowest BCUT2D eigenvalue weighted by molar-refractivity contribution is 1.39. The smallest absolute Gasteiger partial charge is 0.0709 e. The Bertz CT molecular complexity index is 1220. The molecule has 0 unspecified atom stereocenters. The second-order valence-corrected chi connectivity index (χ2v) is 21.4. The van der Waals surface area contributed by atoms with Crippen molar-refractivity contribution >= 4 is 37.4 Å². The van der Waals surface area contributed by atoms with Crippen molar-refractivity contribution < 1.29 is 0 Å². The van der Waals surface area contributed by atoms with Crippen molar-refractivity contribution in [2.45, 2.75) is 26.1 Å². The third kappa shape index (κ3) is 4.08. The van der Waals surface area contributed by atoms with Gasteiger partial charge in [-0.05, 0) is 43.8 Å². The Balaban J connectivity index is 1.95. The van der Waals surface area contributed by atoms with Crippen molar-refractivity contribution in [3.63, 3.8) is 0 Å². The topological polar surface area (TPSA) is 0 Å². The lowest BCUT2D eigenvalue weighted by Gasteiger charge is -2.32. The van der Waals surface area contributed by atoms with Gasteiger partial charge in [0.15, 0.2) is 0 Å². The van der Waals surface area contributed by atoms with Gasteiger partial charge in [0.05, 0.1) is 7.59 Å². The standard InChI is InChI=1S/C32H31Si2/c1-4-34(2,3)33-31(27-21-13-7-14-22-27)29(25-17-9-5-10-18-25)30(26-19-11-6-12-20-26)32(33)28-23-15-8-16-24-28/h5-24H,4H2,1-3H3. The van der Waals surface area contributed by atoms with E-state index in [-0.39, 0.29) is 0 Å². The summed E-state index contributed by atoms with van der Waals surface area (Å²) in [6.45, 7) is 7.64. The zero-order valence-corrected chi connectivity index (χ0v) is 22.3. The molecule has 1 heterocycles. The van der Waals surface area contributed by atoms with Crippen molar-refractivity contribution in [2.24, 2.45) is 0 Å². The van der Waals surface area contributed by atoms with Crippen LogP contribution in [0.2, 0.25) is 19.1 Å². The van der Waals surface area contributed by atoms with Gasteiger partial charge in [0.25, 0.3) is 0 Å². The van der Waals surface area contributed by atoms with E-state index in [1.54, 1.807) is 10.4 Å². The molecule has 167 valence electrons. The predicted octanol–water partition coefficient (Wildman–Crippen LogP) is 8.60. The van der Waals surface area contributed by atoms with Gasteiger partial charge in [-0.25, -0.2) is 0 Å². The van der Waals surface area contributed by atoms with Crippen LogP contribution in [0.15, 0.2) is 121 Å². The summed E-state index contributed by atoms with van der Waals surface area (Å²) in [5.41, 5.74) is 8.33. The molecule has 0 bridgehead atoms. The Labute approximate surface area is 206 Å². The van der Waals surface area contributed by atoms with Crippen molar-refractivity contribution in [1.82, 2.24) is 0 Å². The molecule has 0 fully saturated rings. The summed E-state index contributed by atoms with van der Waals surface area (Å²) >= 11 is 0. The highest BCUT2D eigenvalue weighted by molar-refractivity contribution is 7.46. The molecule has 0 N–H and O–H groups in total. The molecule has 34 heavy (non-hydrogen) atoms. The molecular formula is C32H31Si2. The Morgan fingerprint density at radius 2 is 0.765 bits per heavy atom. The fourth-order valence-corrected chi connectivity index (χ4v) is 15.7. The van der Waals surface area contributed by atoms with Crippen molar-refractivity contribution in [3.05, 3.63) is 144 Å². The summed E-state index contributed by atoms with van der Waals surface area (Å²) in [6, 6.07) is 45.9. The summed E-state index contributed by atoms with van der Waals surface area (Å²) in [4.78, 5) is 0. The van der Waals surface area contributed by atoms with E-state index in [2.05, 4.69) is 141 Å². The summed E-state index contributed by atoms with van der Waals surface area (Å²) in [5.74, 6) is 0. The number of allylic oxidation sites excluding steroid dienone is 2. The highest BCUT2D eigenvalue weighted by atomic mass is 29.2. The van der Waals surface area contributed by atoms with Gasteiger partial charge in [-0.3, -0.25) is 0 Å². The molecule has 4 aromatic rings. The van der Waals surface area contributed by atoms with E-state index >= 15 is 0 Å². The van der Waals surface area contributed by atoms with Crippen molar-refractivity contribution in [3.8, 4) is 0 Å². The van der Waals surface area contributed by atoms with Gasteiger partial charge in [0, 0.05) is 0 Å². The largest absolute Gasteiger partial charge is 0.115 e. The molecular weight excluding hydrogens is 441 g/mol. The van der Waals surface area contributed by atoms with E-state index in [0.717, 1.165) is 0 Å². The Morgan fingerprint density at radius 1 is 0.471 bits per heavy atom. The van der Waals surface area contributed by atoms with Gasteiger partial charge in [0.1, 0.15) is 8.31 Å². The van der Waals surface area contributed by atoms with E-state index in [1.807, 2.05) is 0 Å². The number of hydrogen-bond donors (Lipinski definition) is 0. The van der Waals surface area contributed by atoms with E-state index < -0.39 is 15.9 Å². The number of hydrogen-bond acceptors (Lipinski definition) is 0. The van der Waals surface area contributed by atoms with E-state index in [9.17, 15) is 0 Å². The second kappa shape index (κ2) is 9.57. The summed E-state index contributed by atoms with van der Waals surface area (Å²) in [7, 11) is -2.61. The molecule has 0 saturated heterocycles. The van der Waals surface area contributed by atoms with Crippen LogP contribution in [0, 0.1) is 0 Å². The van der Waals surface area contributed by atoms with Gasteiger partial charge >= 0.3 is 0 Å². The molecule has 0 aliphatic carbocycles. The molecule has 5 rings (SSSR count). The highest BCUT2D eigenvalue weighted by Gasteiger charge is 2.46. The van der Waals surface area contributed by atoms with E-state index in [0.29, 0.717) is 0 Å². The maximum absolute atomic E-state index is 2.61. The Kier molecular flexibility index (Phi) is 6.36. The quantitative estimate of drug-likeness (QED) is 0.247. The number of benzene rings is 4. The maximum atomic E-state index is 2.61. The van der Waals surface area contributed by atoms with Gasteiger partial charge in [-0.15, -0.1) is 0 Å². The minimum atomic E-state index is -1.60. The third-order valence-electron chi connectivity index (χ3n) is 7.06. The zero-order chi connectivity index (χ0) is 23.5. The predicted molar refractivity (Wildman–Crippen MR) is 153 cm³/mol. The molecule has 0 amide bonds. The van der Waals surface area contributed by atoms with Crippen LogP contribution < -0.4 is 0 Å². The fraction of sp³-hybridized carbons (Fsp3) is 0.125. The normalized spacial score (nSPS) is 14.7. The van der Waals surface area contributed by atoms with Crippen LogP contribution in [0.1, 0.15) is 29.2 Å². The molecule has 0 aromatic heterocycles. The molecule has 1 radical (unpaired) electrons. The lowest BCUT2D eigenvalue weighted by Crippen LogP contribution is -2.46.